The Kier molecular flexibility index (Phi) is 13.4. The minimum Gasteiger partial charge on any atom is -0.384 e. The molecule has 41 heavy (non-hydrogen) atoms. The average molecular weight is 629 g/mol. The number of nitrogens with one attached hydrogen (secondary N) is 3. The standard InChI is InChI=1S/C26H30ClF5N4O4.ClH/c1-14(2)19(21(37)26(31,32)24(40)34-13-25(28,29)30)35-23(39)20(16-8-4-3-5-9-16)36-22(38)18(33)12-15-7-6-10-17(27)11-15;/h3-11,14,18-21,37H,12-13,33H2,1-2H3,(H,34,40)(H,35,39)(H,36,38);1H/t18-,19-,20-,21?;/m0./s1. The van der Waals surface area contributed by atoms with Crippen molar-refractivity contribution in [2.45, 2.75) is 56.6 Å². The lowest BCUT2D eigenvalue weighted by Crippen LogP contribution is -2.60. The van der Waals surface area contributed by atoms with E-state index in [2.05, 4.69) is 10.6 Å². The van der Waals surface area contributed by atoms with Gasteiger partial charge in [-0.3, -0.25) is 14.4 Å². The number of aliphatic hydroxyl groups excluding tert-OH is 1. The van der Waals surface area contributed by atoms with Crippen LogP contribution < -0.4 is 21.7 Å². The van der Waals surface area contributed by atoms with E-state index in [0.29, 0.717) is 10.6 Å². The highest BCUT2D eigenvalue weighted by Gasteiger charge is 2.52. The van der Waals surface area contributed by atoms with Gasteiger partial charge in [-0.2, -0.15) is 22.0 Å². The van der Waals surface area contributed by atoms with Crippen LogP contribution >= 0.6 is 24.0 Å². The molecule has 8 nitrogen and oxygen atoms in total. The molecule has 0 saturated heterocycles. The maximum atomic E-state index is 14.6. The van der Waals surface area contributed by atoms with E-state index >= 15 is 0 Å². The van der Waals surface area contributed by atoms with Crippen LogP contribution in [0.3, 0.4) is 0 Å². The van der Waals surface area contributed by atoms with Gasteiger partial charge in [-0.15, -0.1) is 12.4 Å². The molecule has 0 spiro atoms. The molecule has 0 bridgehead atoms. The van der Waals surface area contributed by atoms with Crippen LogP contribution in [0, 0.1) is 5.92 Å². The first kappa shape index (κ1) is 36.0. The zero-order valence-corrected chi connectivity index (χ0v) is 23.5. The van der Waals surface area contributed by atoms with Gasteiger partial charge in [0.1, 0.15) is 18.7 Å². The van der Waals surface area contributed by atoms with E-state index in [1.54, 1.807) is 42.5 Å². The summed E-state index contributed by atoms with van der Waals surface area (Å²) in [4.78, 5) is 38.0. The highest BCUT2D eigenvalue weighted by molar-refractivity contribution is 6.30. The molecule has 0 fully saturated rings. The summed E-state index contributed by atoms with van der Waals surface area (Å²) < 4.78 is 66.5. The van der Waals surface area contributed by atoms with E-state index in [9.17, 15) is 41.4 Å². The van der Waals surface area contributed by atoms with E-state index in [1.807, 2.05) is 0 Å². The largest absolute Gasteiger partial charge is 0.405 e. The molecule has 0 saturated carbocycles. The Labute approximate surface area is 244 Å². The summed E-state index contributed by atoms with van der Waals surface area (Å²) >= 11 is 5.96. The molecule has 3 amide bonds. The van der Waals surface area contributed by atoms with Crippen molar-refractivity contribution in [3.63, 3.8) is 0 Å². The molecule has 1 unspecified atom stereocenters. The van der Waals surface area contributed by atoms with Crippen molar-refractivity contribution in [3.05, 3.63) is 70.7 Å². The van der Waals surface area contributed by atoms with Crippen LogP contribution in [0.2, 0.25) is 5.02 Å². The fourth-order valence-corrected chi connectivity index (χ4v) is 3.93. The number of hydrogen-bond acceptors (Lipinski definition) is 5. The molecule has 0 aliphatic rings. The van der Waals surface area contributed by atoms with Crippen molar-refractivity contribution in [2.24, 2.45) is 11.7 Å². The van der Waals surface area contributed by atoms with Gasteiger partial charge in [0.15, 0.2) is 0 Å². The van der Waals surface area contributed by atoms with Gasteiger partial charge in [-0.05, 0) is 35.6 Å². The van der Waals surface area contributed by atoms with Gasteiger partial charge in [0, 0.05) is 5.02 Å². The van der Waals surface area contributed by atoms with Gasteiger partial charge in [0.25, 0.3) is 5.91 Å². The van der Waals surface area contributed by atoms with Gasteiger partial charge in [0.05, 0.1) is 12.1 Å². The number of halogens is 7. The monoisotopic (exact) mass is 628 g/mol. The molecular formula is C26H31Cl2F5N4O4. The predicted molar refractivity (Wildman–Crippen MR) is 144 cm³/mol. The zero-order chi connectivity index (χ0) is 30.3. The van der Waals surface area contributed by atoms with E-state index in [-0.39, 0.29) is 24.4 Å². The summed E-state index contributed by atoms with van der Waals surface area (Å²) in [7, 11) is 0. The number of alkyl halides is 5. The summed E-state index contributed by atoms with van der Waals surface area (Å²) in [5.74, 6) is -9.77. The second-order valence-electron chi connectivity index (χ2n) is 9.44. The molecule has 2 rings (SSSR count). The van der Waals surface area contributed by atoms with Crippen molar-refractivity contribution < 1.29 is 41.4 Å². The lowest BCUT2D eigenvalue weighted by atomic mass is 9.93. The first-order valence-corrected chi connectivity index (χ1v) is 12.5. The third-order valence-electron chi connectivity index (χ3n) is 5.85. The average Bonchev–Trinajstić information content (AvgIpc) is 2.88. The normalized spacial score (nSPS) is 14.7. The van der Waals surface area contributed by atoms with Crippen molar-refractivity contribution in [3.8, 4) is 0 Å². The minimum atomic E-state index is -4.96. The number of rotatable bonds is 12. The third-order valence-corrected chi connectivity index (χ3v) is 6.09. The summed E-state index contributed by atoms with van der Waals surface area (Å²) in [5, 5.41) is 16.5. The van der Waals surface area contributed by atoms with Crippen molar-refractivity contribution >= 4 is 41.7 Å². The van der Waals surface area contributed by atoms with E-state index in [0.717, 1.165) is 5.32 Å². The number of nitrogens with two attached hydrogens (primary N) is 1. The Morgan fingerprint density at radius 1 is 0.951 bits per heavy atom. The first-order chi connectivity index (χ1) is 18.5. The number of benzene rings is 2. The topological polar surface area (TPSA) is 134 Å². The van der Waals surface area contributed by atoms with Gasteiger partial charge < -0.3 is 26.8 Å². The fourth-order valence-electron chi connectivity index (χ4n) is 3.72. The second-order valence-corrected chi connectivity index (χ2v) is 9.87. The lowest BCUT2D eigenvalue weighted by molar-refractivity contribution is -0.175. The highest BCUT2D eigenvalue weighted by atomic mass is 35.5. The molecule has 15 heteroatoms. The Balaban J connectivity index is 0.00000840. The number of carbonyl (C=O) groups is 3. The van der Waals surface area contributed by atoms with Crippen LogP contribution in [0.25, 0.3) is 0 Å². The molecule has 2 aromatic rings. The molecule has 4 atom stereocenters. The number of carbonyl (C=O) groups excluding carboxylic acids is 3. The van der Waals surface area contributed by atoms with E-state index in [4.69, 9.17) is 17.3 Å². The third kappa shape index (κ3) is 10.7. The Morgan fingerprint density at radius 3 is 2.10 bits per heavy atom. The molecule has 228 valence electrons. The molecule has 0 aliphatic carbocycles. The van der Waals surface area contributed by atoms with Gasteiger partial charge in [-0.25, -0.2) is 0 Å². The van der Waals surface area contributed by atoms with Crippen molar-refractivity contribution in [1.82, 2.24) is 16.0 Å². The van der Waals surface area contributed by atoms with Gasteiger partial charge in [0.2, 0.25) is 11.8 Å². The summed E-state index contributed by atoms with van der Waals surface area (Å²) in [6, 6.07) is 9.91. The van der Waals surface area contributed by atoms with Crippen LogP contribution in [0.15, 0.2) is 54.6 Å². The Bertz CT molecular complexity index is 1170. The van der Waals surface area contributed by atoms with Crippen LogP contribution in [-0.4, -0.2) is 59.7 Å². The van der Waals surface area contributed by atoms with Crippen molar-refractivity contribution in [2.75, 3.05) is 6.54 Å². The molecule has 0 heterocycles. The maximum Gasteiger partial charge on any atom is 0.405 e. The highest BCUT2D eigenvalue weighted by Crippen LogP contribution is 2.26. The number of hydrogen-bond donors (Lipinski definition) is 5. The predicted octanol–water partition coefficient (Wildman–Crippen LogP) is 3.30. The van der Waals surface area contributed by atoms with Crippen LogP contribution in [-0.2, 0) is 20.8 Å². The van der Waals surface area contributed by atoms with Gasteiger partial charge >= 0.3 is 12.1 Å². The summed E-state index contributed by atoms with van der Waals surface area (Å²) in [5.41, 5.74) is 6.91. The summed E-state index contributed by atoms with van der Waals surface area (Å²) in [6.07, 6.45) is -7.80. The molecule has 6 N–H and O–H groups in total. The SMILES string of the molecule is CC(C)[C@H](NC(=O)[C@@H](NC(=O)[C@@H](N)Cc1cccc(Cl)c1)c1ccccc1)C(O)C(F)(F)C(=O)NCC(F)(F)F.Cl. The molecule has 0 radical (unpaired) electrons. The number of amides is 3. The van der Waals surface area contributed by atoms with Crippen LogP contribution in [0.5, 0.6) is 0 Å². The molecule has 0 aliphatic heterocycles. The zero-order valence-electron chi connectivity index (χ0n) is 21.9. The Hall–Kier alpha value is -3.00. The maximum absolute atomic E-state index is 14.6. The Morgan fingerprint density at radius 2 is 1.56 bits per heavy atom. The first-order valence-electron chi connectivity index (χ1n) is 12.1. The van der Waals surface area contributed by atoms with Crippen molar-refractivity contribution in [1.29, 1.82) is 0 Å². The quantitative estimate of drug-likeness (QED) is 0.230. The van der Waals surface area contributed by atoms with E-state index in [1.165, 1.54) is 26.0 Å². The van der Waals surface area contributed by atoms with Crippen LogP contribution in [0.4, 0.5) is 22.0 Å². The van der Waals surface area contributed by atoms with Crippen LogP contribution in [0.1, 0.15) is 31.0 Å². The van der Waals surface area contributed by atoms with Gasteiger partial charge in [-0.1, -0.05) is 67.9 Å². The molecular weight excluding hydrogens is 598 g/mol. The lowest BCUT2D eigenvalue weighted by Gasteiger charge is -2.33. The summed E-state index contributed by atoms with van der Waals surface area (Å²) in [6.45, 7) is 0.647. The van der Waals surface area contributed by atoms with E-state index < -0.39 is 66.5 Å². The molecule has 2 aromatic carbocycles. The smallest absolute Gasteiger partial charge is 0.384 e. The fraction of sp³-hybridized carbons (Fsp3) is 0.423. The minimum absolute atomic E-state index is 0. The number of aliphatic hydroxyl groups is 1. The molecule has 0 aromatic heterocycles. The second kappa shape index (κ2) is 15.3.